The predicted octanol–water partition coefficient (Wildman–Crippen LogP) is 10.2. The van der Waals surface area contributed by atoms with Crippen LogP contribution in [0.1, 0.15) is 27.8 Å². The van der Waals surface area contributed by atoms with E-state index in [4.69, 9.17) is 12.6 Å². The lowest BCUT2D eigenvalue weighted by atomic mass is 9.86. The summed E-state index contributed by atoms with van der Waals surface area (Å²) in [6.45, 7) is 0. The summed E-state index contributed by atoms with van der Waals surface area (Å²) in [5.74, 6) is 0. The lowest BCUT2D eigenvalue weighted by Crippen LogP contribution is -2.01. The fraction of sp³-hybridized carbons (Fsp3) is 0.0513. The van der Waals surface area contributed by atoms with Crippen LogP contribution in [0.3, 0.4) is 0 Å². The zero-order chi connectivity index (χ0) is 27.8. The van der Waals surface area contributed by atoms with Crippen molar-refractivity contribution >= 4 is 44.9 Å². The molecule has 0 radical (unpaired) electrons. The summed E-state index contributed by atoms with van der Waals surface area (Å²) in [7, 11) is 0. The Morgan fingerprint density at radius 2 is 1.20 bits per heavy atom. The summed E-state index contributed by atoms with van der Waals surface area (Å²) >= 11 is 4.93. The Bertz CT molecular complexity index is 2110. The highest BCUT2D eigenvalue weighted by Crippen LogP contribution is 2.40. The van der Waals surface area contributed by atoms with E-state index in [2.05, 4.69) is 115 Å². The second-order valence-corrected chi connectivity index (χ2v) is 11.1. The number of rotatable bonds is 5. The molecule has 1 nitrogen and oxygen atoms in total. The standard InChI is InChI=1S/C39H27NS/c40-25-27-18-16-26(17-19-27)20-30-12-7-15-38(41)36(30)24-32-11-4-6-14-35(32)39-34-13-5-3-10-31(34)22-33-21-28-8-1-2-9-29(28)23-37(33)39/h1-19,21-23,41H,20,24H2. The van der Waals surface area contributed by atoms with Crippen LogP contribution < -0.4 is 0 Å². The molecule has 2 heteroatoms. The second-order valence-electron chi connectivity index (χ2n) is 10.6. The van der Waals surface area contributed by atoms with Crippen molar-refractivity contribution in [3.63, 3.8) is 0 Å². The van der Waals surface area contributed by atoms with Crippen molar-refractivity contribution in [2.24, 2.45) is 0 Å². The van der Waals surface area contributed by atoms with Crippen LogP contribution in [0.5, 0.6) is 0 Å². The van der Waals surface area contributed by atoms with Gasteiger partial charge in [0.25, 0.3) is 0 Å². The Labute approximate surface area is 245 Å². The molecule has 0 aromatic heterocycles. The number of hydrogen-bond donors (Lipinski definition) is 1. The maximum atomic E-state index is 9.21. The zero-order valence-electron chi connectivity index (χ0n) is 22.5. The van der Waals surface area contributed by atoms with Crippen molar-refractivity contribution in [3.05, 3.63) is 161 Å². The van der Waals surface area contributed by atoms with E-state index < -0.39 is 0 Å². The SMILES string of the molecule is N#Cc1ccc(Cc2cccc(S)c2Cc2ccccc2-c2c3ccccc3cc3cc4ccccc4cc23)cc1. The van der Waals surface area contributed by atoms with Crippen molar-refractivity contribution in [1.29, 1.82) is 5.26 Å². The van der Waals surface area contributed by atoms with Gasteiger partial charge in [-0.15, -0.1) is 12.6 Å². The fourth-order valence-electron chi connectivity index (χ4n) is 6.06. The molecule has 7 aromatic rings. The molecule has 41 heavy (non-hydrogen) atoms. The van der Waals surface area contributed by atoms with Gasteiger partial charge in [-0.05, 0) is 115 Å². The normalized spacial score (nSPS) is 11.2. The van der Waals surface area contributed by atoms with E-state index in [1.807, 2.05) is 24.3 Å². The van der Waals surface area contributed by atoms with Crippen molar-refractivity contribution < 1.29 is 0 Å². The molecular formula is C39H27NS. The molecule has 0 spiro atoms. The highest BCUT2D eigenvalue weighted by Gasteiger charge is 2.16. The van der Waals surface area contributed by atoms with E-state index in [-0.39, 0.29) is 0 Å². The van der Waals surface area contributed by atoms with Crippen LogP contribution in [0, 0.1) is 11.3 Å². The summed E-state index contributed by atoms with van der Waals surface area (Å²) in [5.41, 5.74) is 8.18. The summed E-state index contributed by atoms with van der Waals surface area (Å²) in [6.07, 6.45) is 1.57. The topological polar surface area (TPSA) is 23.8 Å². The molecule has 0 fully saturated rings. The van der Waals surface area contributed by atoms with Gasteiger partial charge >= 0.3 is 0 Å². The molecule has 0 unspecified atom stereocenters. The first-order chi connectivity index (χ1) is 20.2. The summed E-state index contributed by atoms with van der Waals surface area (Å²) in [4.78, 5) is 1.000. The van der Waals surface area contributed by atoms with Gasteiger partial charge in [-0.25, -0.2) is 0 Å². The van der Waals surface area contributed by atoms with Crippen LogP contribution in [0.15, 0.2) is 138 Å². The van der Waals surface area contributed by atoms with Crippen molar-refractivity contribution in [2.45, 2.75) is 17.7 Å². The number of nitrogens with zero attached hydrogens (tertiary/aromatic N) is 1. The van der Waals surface area contributed by atoms with Crippen LogP contribution in [-0.2, 0) is 12.8 Å². The maximum absolute atomic E-state index is 9.21. The molecule has 0 amide bonds. The van der Waals surface area contributed by atoms with Gasteiger partial charge in [0, 0.05) is 4.90 Å². The first-order valence-corrected chi connectivity index (χ1v) is 14.3. The van der Waals surface area contributed by atoms with Crippen LogP contribution in [0.25, 0.3) is 43.4 Å². The molecule has 0 N–H and O–H groups in total. The molecule has 7 rings (SSSR count). The molecule has 0 saturated heterocycles. The van der Waals surface area contributed by atoms with Gasteiger partial charge in [0.2, 0.25) is 0 Å². The zero-order valence-corrected chi connectivity index (χ0v) is 23.4. The number of hydrogen-bond acceptors (Lipinski definition) is 2. The number of fused-ring (bicyclic) bond motifs is 3. The third-order valence-corrected chi connectivity index (χ3v) is 8.53. The van der Waals surface area contributed by atoms with Crippen LogP contribution >= 0.6 is 12.6 Å². The molecule has 0 heterocycles. The summed E-state index contributed by atoms with van der Waals surface area (Å²) in [6, 6.07) is 49.6. The monoisotopic (exact) mass is 541 g/mol. The molecule has 0 bridgehead atoms. The third-order valence-electron chi connectivity index (χ3n) is 8.11. The molecule has 0 aliphatic heterocycles. The minimum absolute atomic E-state index is 0.681. The average Bonchev–Trinajstić information content (AvgIpc) is 3.01. The van der Waals surface area contributed by atoms with Gasteiger partial charge in [0.15, 0.2) is 0 Å². The predicted molar refractivity (Wildman–Crippen MR) is 175 cm³/mol. The van der Waals surface area contributed by atoms with Crippen molar-refractivity contribution in [2.75, 3.05) is 0 Å². The van der Waals surface area contributed by atoms with Crippen molar-refractivity contribution in [1.82, 2.24) is 0 Å². The van der Waals surface area contributed by atoms with Crippen LogP contribution in [0.4, 0.5) is 0 Å². The second kappa shape index (κ2) is 10.6. The van der Waals surface area contributed by atoms with Crippen LogP contribution in [-0.4, -0.2) is 0 Å². The minimum atomic E-state index is 0.681. The molecular weight excluding hydrogens is 515 g/mol. The Hall–Kier alpha value is -4.84. The van der Waals surface area contributed by atoms with Gasteiger partial charge in [0.1, 0.15) is 0 Å². The van der Waals surface area contributed by atoms with Crippen molar-refractivity contribution in [3.8, 4) is 17.2 Å². The summed E-state index contributed by atoms with van der Waals surface area (Å²) < 4.78 is 0. The van der Waals surface area contributed by atoms with Gasteiger partial charge in [-0.2, -0.15) is 5.26 Å². The smallest absolute Gasteiger partial charge is 0.0991 e. The molecule has 194 valence electrons. The van der Waals surface area contributed by atoms with E-state index >= 15 is 0 Å². The number of nitriles is 1. The van der Waals surface area contributed by atoms with E-state index in [0.29, 0.717) is 5.56 Å². The Kier molecular flexibility index (Phi) is 6.51. The van der Waals surface area contributed by atoms with E-state index in [0.717, 1.165) is 17.7 Å². The number of thiol groups is 1. The average molecular weight is 542 g/mol. The molecule has 0 atom stereocenters. The third kappa shape index (κ3) is 4.76. The quantitative estimate of drug-likeness (QED) is 0.170. The molecule has 0 aliphatic rings. The van der Waals surface area contributed by atoms with Gasteiger partial charge in [0.05, 0.1) is 11.6 Å². The fourth-order valence-corrected chi connectivity index (χ4v) is 6.37. The largest absolute Gasteiger partial charge is 0.192 e. The Balaban J connectivity index is 1.40. The van der Waals surface area contributed by atoms with E-state index in [9.17, 15) is 5.26 Å². The number of benzene rings is 7. The lowest BCUT2D eigenvalue weighted by molar-refractivity contribution is 1.05. The highest BCUT2D eigenvalue weighted by molar-refractivity contribution is 7.80. The van der Waals surface area contributed by atoms with E-state index in [1.165, 1.54) is 65.7 Å². The van der Waals surface area contributed by atoms with E-state index in [1.54, 1.807) is 0 Å². The highest BCUT2D eigenvalue weighted by atomic mass is 32.1. The minimum Gasteiger partial charge on any atom is -0.192 e. The Morgan fingerprint density at radius 3 is 2.00 bits per heavy atom. The Morgan fingerprint density at radius 1 is 0.537 bits per heavy atom. The first kappa shape index (κ1) is 25.1. The van der Waals surface area contributed by atoms with Crippen LogP contribution in [0.2, 0.25) is 0 Å². The molecule has 0 aliphatic carbocycles. The summed E-state index contributed by atoms with van der Waals surface area (Å²) in [5, 5.41) is 16.7. The van der Waals surface area contributed by atoms with Gasteiger partial charge in [-0.3, -0.25) is 0 Å². The van der Waals surface area contributed by atoms with Gasteiger partial charge < -0.3 is 0 Å². The van der Waals surface area contributed by atoms with Gasteiger partial charge in [-0.1, -0.05) is 97.1 Å². The maximum Gasteiger partial charge on any atom is 0.0991 e. The molecule has 0 saturated carbocycles. The molecule has 7 aromatic carbocycles. The lowest BCUT2D eigenvalue weighted by Gasteiger charge is -2.18. The first-order valence-electron chi connectivity index (χ1n) is 13.9.